The smallest absolute Gasteiger partial charge is 0.137 e. The molecule has 0 fully saturated rings. The molecular weight excluding hydrogens is 369 g/mol. The second kappa shape index (κ2) is 8.43. The predicted molar refractivity (Wildman–Crippen MR) is 110 cm³/mol. The van der Waals surface area contributed by atoms with Gasteiger partial charge in [-0.2, -0.15) is 0 Å². The molecule has 1 heterocycles. The zero-order chi connectivity index (χ0) is 20.2. The van der Waals surface area contributed by atoms with E-state index in [1.807, 2.05) is 48.5 Å². The summed E-state index contributed by atoms with van der Waals surface area (Å²) in [4.78, 5) is 7.60. The number of nitrogens with two attached hydrogens (primary N) is 1. The van der Waals surface area contributed by atoms with E-state index >= 15 is 0 Å². The van der Waals surface area contributed by atoms with Crippen molar-refractivity contribution in [1.29, 1.82) is 0 Å². The summed E-state index contributed by atoms with van der Waals surface area (Å²) < 4.78 is 18.8. The van der Waals surface area contributed by atoms with E-state index in [1.165, 1.54) is 12.1 Å². The maximum atomic E-state index is 13.0. The molecule has 0 aliphatic rings. The highest BCUT2D eigenvalue weighted by atomic mass is 19.1. The van der Waals surface area contributed by atoms with Gasteiger partial charge in [0, 0.05) is 12.1 Å². The molecule has 0 radical (unpaired) electrons. The Morgan fingerprint density at radius 1 is 1.00 bits per heavy atom. The van der Waals surface area contributed by atoms with Gasteiger partial charge in [0.1, 0.15) is 29.2 Å². The van der Waals surface area contributed by atoms with Gasteiger partial charge >= 0.3 is 0 Å². The van der Waals surface area contributed by atoms with Crippen molar-refractivity contribution in [1.82, 2.24) is 9.97 Å². The number of rotatable bonds is 7. The van der Waals surface area contributed by atoms with E-state index in [-0.39, 0.29) is 5.82 Å². The quantitative estimate of drug-likeness (QED) is 0.433. The Morgan fingerprint density at radius 2 is 1.76 bits per heavy atom. The Hall–Kier alpha value is -3.22. The second-order valence-corrected chi connectivity index (χ2v) is 6.99. The Bertz CT molecular complexity index is 1080. The second-order valence-electron chi connectivity index (χ2n) is 6.99. The molecule has 0 bridgehead atoms. The Morgan fingerprint density at radius 3 is 2.52 bits per heavy atom. The third kappa shape index (κ3) is 4.62. The first-order valence-electron chi connectivity index (χ1n) is 9.49. The highest BCUT2D eigenvalue weighted by molar-refractivity contribution is 5.77. The van der Waals surface area contributed by atoms with E-state index in [1.54, 1.807) is 12.1 Å². The van der Waals surface area contributed by atoms with E-state index in [0.29, 0.717) is 24.4 Å². The van der Waals surface area contributed by atoms with Crippen molar-refractivity contribution in [3.05, 3.63) is 90.0 Å². The molecule has 0 aliphatic heterocycles. The van der Waals surface area contributed by atoms with Gasteiger partial charge in [-0.05, 0) is 54.8 Å². The fourth-order valence-corrected chi connectivity index (χ4v) is 3.18. The van der Waals surface area contributed by atoms with Gasteiger partial charge in [-0.15, -0.1) is 0 Å². The van der Waals surface area contributed by atoms with Crippen LogP contribution in [-0.4, -0.2) is 21.1 Å². The number of aryl methyl sites for hydroxylation is 1. The van der Waals surface area contributed by atoms with E-state index in [4.69, 9.17) is 10.5 Å². The lowest BCUT2D eigenvalue weighted by atomic mass is 10.0. The summed E-state index contributed by atoms with van der Waals surface area (Å²) in [5.41, 5.74) is 8.63. The molecule has 1 unspecified atom stereocenters. The fraction of sp³-hybridized carbons (Fsp3) is 0.174. The minimum absolute atomic E-state index is 0.268. The molecule has 4 N–H and O–H groups in total. The number of fused-ring (bicyclic) bond motifs is 1. The van der Waals surface area contributed by atoms with Gasteiger partial charge in [0.2, 0.25) is 0 Å². The van der Waals surface area contributed by atoms with Crippen molar-refractivity contribution in [3.63, 3.8) is 0 Å². The number of hydrogen-bond acceptors (Lipinski definition) is 4. The number of halogens is 1. The van der Waals surface area contributed by atoms with Gasteiger partial charge in [0.05, 0.1) is 11.0 Å². The molecule has 0 aliphatic carbocycles. The summed E-state index contributed by atoms with van der Waals surface area (Å²) in [6.45, 7) is 0. The molecule has 6 heteroatoms. The van der Waals surface area contributed by atoms with Crippen molar-refractivity contribution < 1.29 is 14.2 Å². The molecule has 2 atom stereocenters. The number of aromatic nitrogens is 2. The van der Waals surface area contributed by atoms with Gasteiger partial charge in [-0.25, -0.2) is 9.37 Å². The third-order valence-corrected chi connectivity index (χ3v) is 4.82. The number of para-hydroxylation sites is 1. The van der Waals surface area contributed by atoms with Crippen LogP contribution in [0.1, 0.15) is 23.9 Å². The zero-order valence-electron chi connectivity index (χ0n) is 15.8. The van der Waals surface area contributed by atoms with E-state index in [9.17, 15) is 9.50 Å². The topological polar surface area (TPSA) is 84.2 Å². The zero-order valence-corrected chi connectivity index (χ0v) is 15.8. The summed E-state index contributed by atoms with van der Waals surface area (Å²) in [5.74, 6) is 1.57. The highest BCUT2D eigenvalue weighted by Crippen LogP contribution is 2.26. The number of ether oxygens (including phenoxy) is 1. The summed E-state index contributed by atoms with van der Waals surface area (Å²) in [6.07, 6.45) is 0.265. The molecule has 0 spiro atoms. The fourth-order valence-electron chi connectivity index (χ4n) is 3.18. The average molecular weight is 391 g/mol. The number of aromatic amines is 1. The van der Waals surface area contributed by atoms with Crippen LogP contribution >= 0.6 is 0 Å². The van der Waals surface area contributed by atoms with Gasteiger partial charge in [0.25, 0.3) is 0 Å². The normalized spacial score (nSPS) is 13.3. The Labute approximate surface area is 168 Å². The molecule has 4 aromatic rings. The maximum Gasteiger partial charge on any atom is 0.137 e. The molecule has 0 amide bonds. The number of hydrogen-bond donors (Lipinski definition) is 3. The summed E-state index contributed by atoms with van der Waals surface area (Å²) in [7, 11) is 0. The first-order chi connectivity index (χ1) is 14.1. The van der Waals surface area contributed by atoms with Crippen molar-refractivity contribution in [2.75, 3.05) is 0 Å². The van der Waals surface area contributed by atoms with Crippen LogP contribution in [0.25, 0.3) is 11.0 Å². The number of nitrogens with zero attached hydrogens (tertiary/aromatic N) is 1. The minimum atomic E-state index is -0.929. The standard InChI is InChI=1S/C23H22FN3O2/c24-16-9-6-15(7-10-16)8-12-19(25)22(28)23-26-20-13-11-18(14-21(20)27-23)29-17-4-2-1-3-5-17/h1-7,9-11,13-14,19,22,28H,8,12,25H2,(H,26,27)/t19-,22?/m1/s1. The van der Waals surface area contributed by atoms with E-state index in [2.05, 4.69) is 9.97 Å². The largest absolute Gasteiger partial charge is 0.457 e. The summed E-state index contributed by atoms with van der Waals surface area (Å²) in [6, 6.07) is 20.8. The third-order valence-electron chi connectivity index (χ3n) is 4.82. The van der Waals surface area contributed by atoms with Crippen LogP contribution in [0.3, 0.4) is 0 Å². The first-order valence-corrected chi connectivity index (χ1v) is 9.49. The van der Waals surface area contributed by atoms with E-state index < -0.39 is 12.1 Å². The van der Waals surface area contributed by atoms with Crippen LogP contribution in [0.15, 0.2) is 72.8 Å². The lowest BCUT2D eigenvalue weighted by Gasteiger charge is -2.16. The summed E-state index contributed by atoms with van der Waals surface area (Å²) in [5, 5.41) is 10.6. The average Bonchev–Trinajstić information content (AvgIpc) is 3.16. The van der Waals surface area contributed by atoms with Crippen LogP contribution in [0.5, 0.6) is 11.5 Å². The number of aliphatic hydroxyl groups excluding tert-OH is 1. The van der Waals surface area contributed by atoms with Crippen LogP contribution in [-0.2, 0) is 6.42 Å². The number of H-pyrrole nitrogens is 1. The lowest BCUT2D eigenvalue weighted by molar-refractivity contribution is 0.134. The molecule has 0 saturated carbocycles. The van der Waals surface area contributed by atoms with Crippen molar-refractivity contribution in [2.45, 2.75) is 25.0 Å². The molecule has 4 rings (SSSR count). The van der Waals surface area contributed by atoms with Gasteiger partial charge in [0.15, 0.2) is 0 Å². The van der Waals surface area contributed by atoms with Gasteiger partial charge in [-0.1, -0.05) is 30.3 Å². The van der Waals surface area contributed by atoms with E-state index in [0.717, 1.165) is 22.3 Å². The SMILES string of the molecule is N[C@H](CCc1ccc(F)cc1)C(O)c1nc2ccc(Oc3ccccc3)cc2[nH]1. The molecule has 29 heavy (non-hydrogen) atoms. The number of nitrogens with one attached hydrogen (secondary N) is 1. The Kier molecular flexibility index (Phi) is 5.55. The van der Waals surface area contributed by atoms with Crippen molar-refractivity contribution >= 4 is 11.0 Å². The molecule has 1 aromatic heterocycles. The number of aliphatic hydroxyl groups is 1. The van der Waals surface area contributed by atoms with Crippen molar-refractivity contribution in [3.8, 4) is 11.5 Å². The van der Waals surface area contributed by atoms with Crippen molar-refractivity contribution in [2.24, 2.45) is 5.73 Å². The lowest BCUT2D eigenvalue weighted by Crippen LogP contribution is -2.29. The first kappa shape index (κ1) is 19.1. The van der Waals surface area contributed by atoms with Gasteiger partial charge < -0.3 is 20.6 Å². The maximum absolute atomic E-state index is 13.0. The minimum Gasteiger partial charge on any atom is -0.457 e. The van der Waals surface area contributed by atoms with Crippen LogP contribution in [0, 0.1) is 5.82 Å². The number of imidazole rings is 1. The van der Waals surface area contributed by atoms with Crippen LogP contribution in [0.4, 0.5) is 4.39 Å². The monoisotopic (exact) mass is 391 g/mol. The molecule has 3 aromatic carbocycles. The van der Waals surface area contributed by atoms with Crippen LogP contribution in [0.2, 0.25) is 0 Å². The Balaban J connectivity index is 1.44. The number of benzene rings is 3. The van der Waals surface area contributed by atoms with Crippen LogP contribution < -0.4 is 10.5 Å². The molecular formula is C23H22FN3O2. The molecule has 0 saturated heterocycles. The highest BCUT2D eigenvalue weighted by Gasteiger charge is 2.20. The van der Waals surface area contributed by atoms with Gasteiger partial charge in [-0.3, -0.25) is 0 Å². The summed E-state index contributed by atoms with van der Waals surface area (Å²) >= 11 is 0. The predicted octanol–water partition coefficient (Wildman–Crippen LogP) is 4.49. The molecule has 148 valence electrons. The molecule has 5 nitrogen and oxygen atoms in total.